The Bertz CT molecular complexity index is 331. The molecule has 0 atom stereocenters. The molecule has 0 aliphatic rings. The van der Waals surface area contributed by atoms with Crippen molar-refractivity contribution in [1.82, 2.24) is 5.32 Å². The molecule has 0 aliphatic carbocycles. The van der Waals surface area contributed by atoms with Gasteiger partial charge in [-0.2, -0.15) is 0 Å². The molecule has 1 heterocycles. The van der Waals surface area contributed by atoms with Gasteiger partial charge in [0.05, 0.1) is 13.2 Å². The van der Waals surface area contributed by atoms with E-state index in [9.17, 15) is 0 Å². The normalized spacial score (nSPS) is 11.0. The van der Waals surface area contributed by atoms with Gasteiger partial charge in [-0.25, -0.2) is 0 Å². The molecule has 0 amide bonds. The van der Waals surface area contributed by atoms with Gasteiger partial charge in [0.2, 0.25) is 0 Å². The SMILES string of the molecule is C=CCOCc1cc(CNC(C)C)sc1C. The van der Waals surface area contributed by atoms with Crippen LogP contribution in [0.3, 0.4) is 0 Å². The number of ether oxygens (including phenoxy) is 1. The van der Waals surface area contributed by atoms with Crippen LogP contribution < -0.4 is 5.32 Å². The molecule has 90 valence electrons. The summed E-state index contributed by atoms with van der Waals surface area (Å²) in [6.45, 7) is 12.4. The van der Waals surface area contributed by atoms with E-state index in [0.29, 0.717) is 19.3 Å². The van der Waals surface area contributed by atoms with Gasteiger partial charge in [0, 0.05) is 22.3 Å². The van der Waals surface area contributed by atoms with Crippen molar-refractivity contribution in [2.45, 2.75) is 40.0 Å². The predicted octanol–water partition coefficient (Wildman–Crippen LogP) is 3.26. The maximum absolute atomic E-state index is 5.46. The number of hydrogen-bond donors (Lipinski definition) is 1. The van der Waals surface area contributed by atoms with Gasteiger partial charge in [-0.15, -0.1) is 17.9 Å². The molecule has 0 fully saturated rings. The summed E-state index contributed by atoms with van der Waals surface area (Å²) in [6, 6.07) is 2.77. The summed E-state index contributed by atoms with van der Waals surface area (Å²) in [7, 11) is 0. The lowest BCUT2D eigenvalue weighted by Gasteiger charge is -2.05. The van der Waals surface area contributed by atoms with Crippen LogP contribution in [0, 0.1) is 6.92 Å². The molecular formula is C13H21NOS. The molecule has 1 aromatic rings. The number of aryl methyl sites for hydroxylation is 1. The van der Waals surface area contributed by atoms with Crippen molar-refractivity contribution in [2.75, 3.05) is 6.61 Å². The molecule has 0 bridgehead atoms. The summed E-state index contributed by atoms with van der Waals surface area (Å²) in [5, 5.41) is 3.42. The van der Waals surface area contributed by atoms with Crippen molar-refractivity contribution in [3.05, 3.63) is 34.0 Å². The highest BCUT2D eigenvalue weighted by Gasteiger charge is 2.05. The monoisotopic (exact) mass is 239 g/mol. The van der Waals surface area contributed by atoms with E-state index >= 15 is 0 Å². The third kappa shape index (κ3) is 4.47. The van der Waals surface area contributed by atoms with Crippen molar-refractivity contribution >= 4 is 11.3 Å². The first-order valence-electron chi connectivity index (χ1n) is 5.63. The summed E-state index contributed by atoms with van der Waals surface area (Å²) in [4.78, 5) is 2.73. The Morgan fingerprint density at radius 3 is 2.94 bits per heavy atom. The summed E-state index contributed by atoms with van der Waals surface area (Å²) in [5.74, 6) is 0. The second-order valence-corrected chi connectivity index (χ2v) is 5.47. The third-order valence-corrected chi connectivity index (χ3v) is 3.34. The maximum Gasteiger partial charge on any atom is 0.0731 e. The first-order chi connectivity index (χ1) is 7.63. The minimum absolute atomic E-state index is 0.530. The van der Waals surface area contributed by atoms with Crippen LogP contribution in [-0.4, -0.2) is 12.6 Å². The van der Waals surface area contributed by atoms with E-state index in [4.69, 9.17) is 4.74 Å². The van der Waals surface area contributed by atoms with Crippen LogP contribution in [0.1, 0.15) is 29.2 Å². The molecule has 16 heavy (non-hydrogen) atoms. The quantitative estimate of drug-likeness (QED) is 0.582. The van der Waals surface area contributed by atoms with E-state index < -0.39 is 0 Å². The van der Waals surface area contributed by atoms with Crippen molar-refractivity contribution < 1.29 is 4.74 Å². The zero-order chi connectivity index (χ0) is 12.0. The molecule has 0 aromatic carbocycles. The van der Waals surface area contributed by atoms with E-state index in [0.717, 1.165) is 6.54 Å². The molecule has 0 radical (unpaired) electrons. The molecule has 1 aromatic heterocycles. The van der Waals surface area contributed by atoms with Crippen molar-refractivity contribution in [3.63, 3.8) is 0 Å². The Morgan fingerprint density at radius 2 is 2.31 bits per heavy atom. The van der Waals surface area contributed by atoms with E-state index in [1.165, 1.54) is 15.3 Å². The molecule has 0 saturated heterocycles. The van der Waals surface area contributed by atoms with Crippen LogP contribution in [0.2, 0.25) is 0 Å². The van der Waals surface area contributed by atoms with Crippen molar-refractivity contribution in [1.29, 1.82) is 0 Å². The molecule has 1 N–H and O–H groups in total. The summed E-state index contributed by atoms with van der Waals surface area (Å²) >= 11 is 1.85. The number of thiophene rings is 1. The molecular weight excluding hydrogens is 218 g/mol. The standard InChI is InChI=1S/C13H21NOS/c1-5-6-15-9-12-7-13(16-11(12)4)8-14-10(2)3/h5,7,10,14H,1,6,8-9H2,2-4H3. The second-order valence-electron chi connectivity index (χ2n) is 4.13. The van der Waals surface area contributed by atoms with Crippen LogP contribution in [0.4, 0.5) is 0 Å². The fourth-order valence-electron chi connectivity index (χ4n) is 1.37. The Balaban J connectivity index is 2.48. The minimum atomic E-state index is 0.530. The lowest BCUT2D eigenvalue weighted by atomic mass is 10.2. The number of hydrogen-bond acceptors (Lipinski definition) is 3. The molecule has 0 spiro atoms. The molecule has 1 rings (SSSR count). The lowest BCUT2D eigenvalue weighted by Crippen LogP contribution is -2.21. The number of nitrogens with one attached hydrogen (secondary N) is 1. The number of rotatable bonds is 7. The fourth-order valence-corrected chi connectivity index (χ4v) is 2.37. The van der Waals surface area contributed by atoms with E-state index in [1.54, 1.807) is 6.08 Å². The molecule has 0 unspecified atom stereocenters. The molecule has 2 nitrogen and oxygen atoms in total. The van der Waals surface area contributed by atoms with Gasteiger partial charge in [-0.3, -0.25) is 0 Å². The first-order valence-corrected chi connectivity index (χ1v) is 6.45. The highest BCUT2D eigenvalue weighted by Crippen LogP contribution is 2.22. The molecule has 0 saturated carbocycles. The van der Waals surface area contributed by atoms with Crippen LogP contribution in [0.25, 0.3) is 0 Å². The smallest absolute Gasteiger partial charge is 0.0731 e. The zero-order valence-electron chi connectivity index (χ0n) is 10.4. The third-order valence-electron chi connectivity index (χ3n) is 2.25. The van der Waals surface area contributed by atoms with Gasteiger partial charge in [0.25, 0.3) is 0 Å². The van der Waals surface area contributed by atoms with Crippen LogP contribution in [-0.2, 0) is 17.9 Å². The summed E-state index contributed by atoms with van der Waals surface area (Å²) in [6.07, 6.45) is 1.78. The Labute approximate surface area is 102 Å². The Kier molecular flexibility index (Phi) is 5.74. The van der Waals surface area contributed by atoms with Gasteiger partial charge < -0.3 is 10.1 Å². The molecule has 0 aliphatic heterocycles. The Morgan fingerprint density at radius 1 is 1.56 bits per heavy atom. The van der Waals surface area contributed by atoms with Gasteiger partial charge in [-0.05, 0) is 18.6 Å². The highest BCUT2D eigenvalue weighted by atomic mass is 32.1. The summed E-state index contributed by atoms with van der Waals surface area (Å²) in [5.41, 5.74) is 1.30. The minimum Gasteiger partial charge on any atom is -0.373 e. The van der Waals surface area contributed by atoms with Gasteiger partial charge in [0.15, 0.2) is 0 Å². The van der Waals surface area contributed by atoms with E-state index in [2.05, 4.69) is 38.7 Å². The van der Waals surface area contributed by atoms with Gasteiger partial charge in [-0.1, -0.05) is 19.9 Å². The largest absolute Gasteiger partial charge is 0.373 e. The highest BCUT2D eigenvalue weighted by molar-refractivity contribution is 7.12. The van der Waals surface area contributed by atoms with E-state index in [1.807, 2.05) is 11.3 Å². The van der Waals surface area contributed by atoms with Crippen molar-refractivity contribution in [3.8, 4) is 0 Å². The van der Waals surface area contributed by atoms with E-state index in [-0.39, 0.29) is 0 Å². The second kappa shape index (κ2) is 6.84. The van der Waals surface area contributed by atoms with Crippen LogP contribution >= 0.6 is 11.3 Å². The average Bonchev–Trinajstić information content (AvgIpc) is 2.57. The molecule has 3 heteroatoms. The first kappa shape index (κ1) is 13.4. The van der Waals surface area contributed by atoms with Gasteiger partial charge >= 0.3 is 0 Å². The fraction of sp³-hybridized carbons (Fsp3) is 0.538. The topological polar surface area (TPSA) is 21.3 Å². The average molecular weight is 239 g/mol. The maximum atomic E-state index is 5.46. The predicted molar refractivity (Wildman–Crippen MR) is 70.9 cm³/mol. The van der Waals surface area contributed by atoms with Crippen LogP contribution in [0.15, 0.2) is 18.7 Å². The van der Waals surface area contributed by atoms with Crippen molar-refractivity contribution in [2.24, 2.45) is 0 Å². The lowest BCUT2D eigenvalue weighted by molar-refractivity contribution is 0.149. The zero-order valence-corrected chi connectivity index (χ0v) is 11.2. The van der Waals surface area contributed by atoms with Crippen LogP contribution in [0.5, 0.6) is 0 Å². The Hall–Kier alpha value is -0.640. The van der Waals surface area contributed by atoms with Gasteiger partial charge in [0.1, 0.15) is 0 Å². The summed E-state index contributed by atoms with van der Waals surface area (Å²) < 4.78 is 5.46.